The Morgan fingerprint density at radius 1 is 0.296 bits per heavy atom. The molecule has 0 aliphatic carbocycles. The number of thiophene rings is 1. The first-order valence-corrected chi connectivity index (χ1v) is 19.5. The third-order valence-corrected chi connectivity index (χ3v) is 13.2. The Balaban J connectivity index is 0.947. The lowest BCUT2D eigenvalue weighted by Crippen LogP contribution is -1.85. The maximum atomic E-state index is 2.48. The zero-order valence-electron chi connectivity index (χ0n) is 29.1. The fourth-order valence-electron chi connectivity index (χ4n) is 9.64. The molecule has 0 saturated carbocycles. The van der Waals surface area contributed by atoms with Crippen molar-refractivity contribution >= 4 is 113 Å². The molecule has 0 spiro atoms. The van der Waals surface area contributed by atoms with E-state index in [4.69, 9.17) is 0 Å². The van der Waals surface area contributed by atoms with Crippen LogP contribution in [0.5, 0.6) is 0 Å². The van der Waals surface area contributed by atoms with E-state index < -0.39 is 0 Å². The Morgan fingerprint density at radius 3 is 1.59 bits per heavy atom. The molecule has 0 amide bonds. The average Bonchev–Trinajstić information content (AvgIpc) is 3.89. The van der Waals surface area contributed by atoms with E-state index in [9.17, 15) is 0 Å². The van der Waals surface area contributed by atoms with Crippen molar-refractivity contribution in [1.29, 1.82) is 0 Å². The summed E-state index contributed by atoms with van der Waals surface area (Å²) in [6.07, 6.45) is 0. The van der Waals surface area contributed by atoms with Crippen LogP contribution in [0.2, 0.25) is 0 Å². The van der Waals surface area contributed by atoms with Gasteiger partial charge in [0.1, 0.15) is 0 Å². The highest BCUT2D eigenvalue weighted by Crippen LogP contribution is 2.45. The summed E-state index contributed by atoms with van der Waals surface area (Å²) in [6, 6.07) is 65.9. The fourth-order valence-corrected chi connectivity index (χ4v) is 10.8. The van der Waals surface area contributed by atoms with Crippen LogP contribution in [0, 0.1) is 0 Å². The lowest BCUT2D eigenvalue weighted by molar-refractivity contribution is 1.37. The van der Waals surface area contributed by atoms with Gasteiger partial charge in [0.25, 0.3) is 0 Å². The molecule has 0 aliphatic rings. The minimum atomic E-state index is 1.23. The Hall–Kier alpha value is -6.74. The number of fused-ring (bicyclic) bond motifs is 17. The van der Waals surface area contributed by atoms with Crippen LogP contribution in [0.3, 0.4) is 0 Å². The first-order valence-electron chi connectivity index (χ1n) is 18.7. The molecule has 1 nitrogen and oxygen atoms in total. The molecule has 0 bridgehead atoms. The topological polar surface area (TPSA) is 4.41 Å². The van der Waals surface area contributed by atoms with Gasteiger partial charge in [-0.2, -0.15) is 0 Å². The molecule has 3 aromatic heterocycles. The first-order chi connectivity index (χ1) is 26.8. The molecule has 13 aromatic rings. The van der Waals surface area contributed by atoms with Crippen molar-refractivity contribution in [3.8, 4) is 22.3 Å². The second-order valence-corrected chi connectivity index (χ2v) is 15.9. The number of para-hydroxylation sites is 2. The summed E-state index contributed by atoms with van der Waals surface area (Å²) in [5, 5.41) is 18.4. The predicted molar refractivity (Wildman–Crippen MR) is 235 cm³/mol. The zero-order valence-corrected chi connectivity index (χ0v) is 29.9. The summed E-state index contributed by atoms with van der Waals surface area (Å²) in [7, 11) is 0. The third kappa shape index (κ3) is 3.77. The number of hydrogen-bond donors (Lipinski definition) is 0. The van der Waals surface area contributed by atoms with Crippen LogP contribution >= 0.6 is 11.3 Å². The van der Waals surface area contributed by atoms with E-state index in [1.54, 1.807) is 0 Å². The molecule has 0 atom stereocenters. The van der Waals surface area contributed by atoms with Gasteiger partial charge in [-0.05, 0) is 108 Å². The van der Waals surface area contributed by atoms with Crippen molar-refractivity contribution in [2.75, 3.05) is 0 Å². The molecule has 0 fully saturated rings. The normalized spacial score (nSPS) is 12.4. The van der Waals surface area contributed by atoms with E-state index in [1.165, 1.54) is 124 Å². The summed E-state index contributed by atoms with van der Waals surface area (Å²) in [5.74, 6) is 0. The molecule has 0 unspecified atom stereocenters. The van der Waals surface area contributed by atoms with Gasteiger partial charge in [0, 0.05) is 41.7 Å². The number of nitrogens with zero attached hydrogens (tertiary/aromatic N) is 1. The van der Waals surface area contributed by atoms with Gasteiger partial charge in [-0.1, -0.05) is 133 Å². The van der Waals surface area contributed by atoms with Crippen molar-refractivity contribution < 1.29 is 0 Å². The van der Waals surface area contributed by atoms with Gasteiger partial charge in [-0.3, -0.25) is 0 Å². The molecule has 0 N–H and O–H groups in total. The Bertz CT molecular complexity index is 3680. The van der Waals surface area contributed by atoms with E-state index in [2.05, 4.69) is 180 Å². The molecule has 54 heavy (non-hydrogen) atoms. The van der Waals surface area contributed by atoms with Crippen LogP contribution in [0.1, 0.15) is 0 Å². The van der Waals surface area contributed by atoms with Crippen LogP contribution in [-0.2, 0) is 0 Å². The maximum Gasteiger partial charge on any atom is 0.0620 e. The average molecular weight is 700 g/mol. The van der Waals surface area contributed by atoms with Crippen molar-refractivity contribution in [3.05, 3.63) is 176 Å². The lowest BCUT2D eigenvalue weighted by atomic mass is 9.92. The minimum Gasteiger partial charge on any atom is -0.308 e. The van der Waals surface area contributed by atoms with Gasteiger partial charge in [0.05, 0.1) is 16.6 Å². The fraction of sp³-hybridized carbons (Fsp3) is 0. The van der Waals surface area contributed by atoms with Gasteiger partial charge < -0.3 is 4.40 Å². The van der Waals surface area contributed by atoms with Gasteiger partial charge in [0.2, 0.25) is 0 Å². The number of benzene rings is 10. The third-order valence-electron chi connectivity index (χ3n) is 12.1. The van der Waals surface area contributed by atoms with Gasteiger partial charge in [-0.15, -0.1) is 11.3 Å². The summed E-state index contributed by atoms with van der Waals surface area (Å²) in [5.41, 5.74) is 8.83. The quantitative estimate of drug-likeness (QED) is 0.158. The number of rotatable bonds is 2. The molecule has 13 rings (SSSR count). The molecule has 0 saturated heterocycles. The smallest absolute Gasteiger partial charge is 0.0620 e. The van der Waals surface area contributed by atoms with Crippen LogP contribution in [0.4, 0.5) is 0 Å². The van der Waals surface area contributed by atoms with E-state index >= 15 is 0 Å². The summed E-state index contributed by atoms with van der Waals surface area (Å²) in [4.78, 5) is 0. The van der Waals surface area contributed by atoms with Crippen LogP contribution in [0.15, 0.2) is 176 Å². The van der Waals surface area contributed by atoms with Gasteiger partial charge in [0.15, 0.2) is 0 Å². The SMILES string of the molecule is c1ccc2c(c1)c1ccccc1c1cc(-c3ccc(-c4ccc5sc6cc7ccc8c(c7cc6c5c4)c4cccc5c6ccccc6n8c54)cc3)ccc21. The summed E-state index contributed by atoms with van der Waals surface area (Å²) in [6.45, 7) is 0. The Labute approximate surface area is 313 Å². The number of aromatic nitrogens is 1. The Morgan fingerprint density at radius 2 is 0.852 bits per heavy atom. The standard InChI is InChI=1S/C52H29NS/c1-2-10-37-35(8-1)36-9-3-4-11-38(36)44-26-32(20-23-39(37)44)30-16-18-31(19-17-30)33-22-25-49-45(27-33)46-29-43-34(28-50(46)54-49)21-24-48-51(43)42-14-7-13-41-40-12-5-6-15-47(40)53(48)52(41)42/h1-29H. The molecular formula is C52H29NS. The maximum absolute atomic E-state index is 2.48. The number of hydrogen-bond acceptors (Lipinski definition) is 1. The van der Waals surface area contributed by atoms with Crippen LogP contribution in [-0.4, -0.2) is 4.40 Å². The zero-order chi connectivity index (χ0) is 35.1. The Kier molecular flexibility index (Phi) is 5.57. The summed E-state index contributed by atoms with van der Waals surface area (Å²) < 4.78 is 5.14. The highest BCUT2D eigenvalue weighted by Gasteiger charge is 2.19. The predicted octanol–water partition coefficient (Wildman–Crippen LogP) is 15.2. The molecule has 0 aliphatic heterocycles. The van der Waals surface area contributed by atoms with E-state index in [1.807, 2.05) is 11.3 Å². The highest BCUT2D eigenvalue weighted by atomic mass is 32.1. The van der Waals surface area contributed by atoms with E-state index in [0.717, 1.165) is 0 Å². The molecule has 2 heteroatoms. The minimum absolute atomic E-state index is 1.23. The van der Waals surface area contributed by atoms with Crippen LogP contribution in [0.25, 0.3) is 124 Å². The van der Waals surface area contributed by atoms with Crippen molar-refractivity contribution in [2.45, 2.75) is 0 Å². The monoisotopic (exact) mass is 699 g/mol. The largest absolute Gasteiger partial charge is 0.308 e. The molecule has 0 radical (unpaired) electrons. The molecule has 10 aromatic carbocycles. The van der Waals surface area contributed by atoms with Gasteiger partial charge in [-0.25, -0.2) is 0 Å². The molecule has 248 valence electrons. The molecular weight excluding hydrogens is 671 g/mol. The molecule has 3 heterocycles. The van der Waals surface area contributed by atoms with Gasteiger partial charge >= 0.3 is 0 Å². The summed E-state index contributed by atoms with van der Waals surface area (Å²) >= 11 is 1.90. The second-order valence-electron chi connectivity index (χ2n) is 14.8. The van der Waals surface area contributed by atoms with Crippen LogP contribution < -0.4 is 0 Å². The van der Waals surface area contributed by atoms with E-state index in [-0.39, 0.29) is 0 Å². The van der Waals surface area contributed by atoms with Crippen molar-refractivity contribution in [1.82, 2.24) is 4.40 Å². The first kappa shape index (κ1) is 28.8. The van der Waals surface area contributed by atoms with Crippen molar-refractivity contribution in [3.63, 3.8) is 0 Å². The second kappa shape index (κ2) is 10.4. The van der Waals surface area contributed by atoms with Crippen molar-refractivity contribution in [2.24, 2.45) is 0 Å². The highest BCUT2D eigenvalue weighted by molar-refractivity contribution is 7.25. The van der Waals surface area contributed by atoms with E-state index in [0.29, 0.717) is 0 Å². The lowest BCUT2D eigenvalue weighted by Gasteiger charge is -2.12.